The highest BCUT2D eigenvalue weighted by Crippen LogP contribution is 2.27. The van der Waals surface area contributed by atoms with E-state index in [1.165, 1.54) is 5.69 Å². The number of carbonyl (C=O) groups excluding carboxylic acids is 1. The van der Waals surface area contributed by atoms with Gasteiger partial charge in [0, 0.05) is 57.9 Å². The van der Waals surface area contributed by atoms with Crippen LogP contribution in [0.2, 0.25) is 0 Å². The van der Waals surface area contributed by atoms with Crippen LogP contribution in [0.1, 0.15) is 35.6 Å². The molecule has 1 saturated heterocycles. The minimum atomic E-state index is 0.102. The maximum atomic E-state index is 12.8. The van der Waals surface area contributed by atoms with Gasteiger partial charge in [0.2, 0.25) is 0 Å². The van der Waals surface area contributed by atoms with Crippen LogP contribution in [0.5, 0.6) is 0 Å². The van der Waals surface area contributed by atoms with Crippen molar-refractivity contribution >= 4 is 5.91 Å². The highest BCUT2D eigenvalue weighted by molar-refractivity contribution is 5.94. The van der Waals surface area contributed by atoms with Gasteiger partial charge in [-0.25, -0.2) is 0 Å². The van der Waals surface area contributed by atoms with Gasteiger partial charge in [0.1, 0.15) is 0 Å². The van der Waals surface area contributed by atoms with E-state index < -0.39 is 0 Å². The third-order valence-electron chi connectivity index (χ3n) is 4.71. The number of aryl methyl sites for hydroxylation is 1. The van der Waals surface area contributed by atoms with Crippen molar-refractivity contribution < 1.29 is 4.79 Å². The van der Waals surface area contributed by atoms with Crippen LogP contribution in [-0.4, -0.2) is 69.7 Å². The Bertz CT molecular complexity index is 543. The third kappa shape index (κ3) is 2.58. The molecule has 2 aliphatic rings. The van der Waals surface area contributed by atoms with E-state index >= 15 is 0 Å². The smallest absolute Gasteiger partial charge is 0.274 e. The van der Waals surface area contributed by atoms with Gasteiger partial charge in [-0.2, -0.15) is 5.10 Å². The third-order valence-corrected chi connectivity index (χ3v) is 4.71. The molecule has 0 aromatic carbocycles. The predicted octanol–water partition coefficient (Wildman–Crippen LogP) is 0.532. The minimum absolute atomic E-state index is 0.102. The van der Waals surface area contributed by atoms with E-state index in [0.29, 0.717) is 11.7 Å². The standard InChI is InChI=1S/C15H25N5O/c1-11(2)20-9-12-13(10-20)18(4)16-14(12)15(21)19-7-5-17(3)6-8-19/h11H,5-10H2,1-4H3. The first-order valence-electron chi connectivity index (χ1n) is 7.74. The SMILES string of the molecule is CC(C)N1Cc2c(C(=O)N3CCN(C)CC3)nn(C)c2C1. The van der Waals surface area contributed by atoms with Crippen molar-refractivity contribution in [1.82, 2.24) is 24.5 Å². The van der Waals surface area contributed by atoms with Crippen molar-refractivity contribution in [2.75, 3.05) is 33.2 Å². The lowest BCUT2D eigenvalue weighted by Gasteiger charge is -2.32. The Morgan fingerprint density at radius 3 is 2.38 bits per heavy atom. The van der Waals surface area contributed by atoms with Gasteiger partial charge in [-0.05, 0) is 20.9 Å². The van der Waals surface area contributed by atoms with Gasteiger partial charge in [0.25, 0.3) is 5.91 Å². The second kappa shape index (κ2) is 5.42. The number of likely N-dealkylation sites (N-methyl/N-ethyl adjacent to an activating group) is 1. The molecule has 0 unspecified atom stereocenters. The maximum absolute atomic E-state index is 12.8. The Hall–Kier alpha value is -1.40. The molecular weight excluding hydrogens is 266 g/mol. The fraction of sp³-hybridized carbons (Fsp3) is 0.733. The Labute approximate surface area is 126 Å². The second-order valence-electron chi connectivity index (χ2n) is 6.49. The van der Waals surface area contributed by atoms with Gasteiger partial charge < -0.3 is 9.80 Å². The van der Waals surface area contributed by atoms with Gasteiger partial charge in [-0.3, -0.25) is 14.4 Å². The number of fused-ring (bicyclic) bond motifs is 1. The fourth-order valence-electron chi connectivity index (χ4n) is 3.11. The number of aromatic nitrogens is 2. The van der Waals surface area contributed by atoms with Crippen molar-refractivity contribution in [2.24, 2.45) is 7.05 Å². The molecule has 0 atom stereocenters. The largest absolute Gasteiger partial charge is 0.335 e. The Morgan fingerprint density at radius 2 is 1.76 bits per heavy atom. The fourth-order valence-corrected chi connectivity index (χ4v) is 3.11. The molecule has 1 amide bonds. The van der Waals surface area contributed by atoms with Crippen molar-refractivity contribution in [2.45, 2.75) is 33.0 Å². The summed E-state index contributed by atoms with van der Waals surface area (Å²) in [6.45, 7) is 9.62. The normalized spacial score (nSPS) is 20.3. The zero-order chi connectivity index (χ0) is 15.1. The summed E-state index contributed by atoms with van der Waals surface area (Å²) >= 11 is 0. The average Bonchev–Trinajstić information content (AvgIpc) is 3.00. The van der Waals surface area contributed by atoms with Crippen LogP contribution in [0.3, 0.4) is 0 Å². The maximum Gasteiger partial charge on any atom is 0.274 e. The van der Waals surface area contributed by atoms with E-state index in [9.17, 15) is 4.79 Å². The number of rotatable bonds is 2. The Morgan fingerprint density at radius 1 is 1.10 bits per heavy atom. The summed E-state index contributed by atoms with van der Waals surface area (Å²) in [5.74, 6) is 0.102. The highest BCUT2D eigenvalue weighted by Gasteiger charge is 2.33. The van der Waals surface area contributed by atoms with Crippen LogP contribution in [-0.2, 0) is 20.1 Å². The molecule has 2 aliphatic heterocycles. The first-order chi connectivity index (χ1) is 9.97. The number of amides is 1. The molecule has 3 heterocycles. The number of carbonyl (C=O) groups is 1. The lowest BCUT2D eigenvalue weighted by Crippen LogP contribution is -2.47. The molecule has 0 N–H and O–H groups in total. The van der Waals surface area contributed by atoms with E-state index in [1.54, 1.807) is 0 Å². The Balaban J connectivity index is 1.81. The predicted molar refractivity (Wildman–Crippen MR) is 81.0 cm³/mol. The summed E-state index contributed by atoms with van der Waals surface area (Å²) in [7, 11) is 4.05. The molecule has 0 spiro atoms. The topological polar surface area (TPSA) is 44.6 Å². The Kier molecular flexibility index (Phi) is 3.75. The summed E-state index contributed by atoms with van der Waals surface area (Å²) in [5, 5.41) is 4.51. The molecule has 6 nitrogen and oxygen atoms in total. The first kappa shape index (κ1) is 14.5. The highest BCUT2D eigenvalue weighted by atomic mass is 16.2. The summed E-state index contributed by atoms with van der Waals surface area (Å²) in [5.41, 5.74) is 3.00. The molecule has 21 heavy (non-hydrogen) atoms. The number of piperazine rings is 1. The quantitative estimate of drug-likeness (QED) is 0.797. The molecule has 3 rings (SSSR count). The summed E-state index contributed by atoms with van der Waals surface area (Å²) in [6, 6.07) is 0.490. The lowest BCUT2D eigenvalue weighted by molar-refractivity contribution is 0.0655. The number of hydrogen-bond donors (Lipinski definition) is 0. The second-order valence-corrected chi connectivity index (χ2v) is 6.49. The molecule has 1 aromatic heterocycles. The van der Waals surface area contributed by atoms with Crippen LogP contribution < -0.4 is 0 Å². The zero-order valence-corrected chi connectivity index (χ0v) is 13.5. The van der Waals surface area contributed by atoms with Crippen molar-refractivity contribution in [3.05, 3.63) is 17.0 Å². The van der Waals surface area contributed by atoms with Crippen LogP contribution in [0.25, 0.3) is 0 Å². The van der Waals surface area contributed by atoms with Crippen molar-refractivity contribution in [1.29, 1.82) is 0 Å². The molecule has 6 heteroatoms. The molecular formula is C15H25N5O. The molecule has 0 bridgehead atoms. The van der Waals surface area contributed by atoms with Gasteiger partial charge in [0.15, 0.2) is 5.69 Å². The van der Waals surface area contributed by atoms with Gasteiger partial charge in [-0.1, -0.05) is 0 Å². The first-order valence-corrected chi connectivity index (χ1v) is 7.74. The zero-order valence-electron chi connectivity index (χ0n) is 13.5. The van der Waals surface area contributed by atoms with E-state index in [-0.39, 0.29) is 5.91 Å². The van der Waals surface area contributed by atoms with Gasteiger partial charge >= 0.3 is 0 Å². The van der Waals surface area contributed by atoms with E-state index in [0.717, 1.165) is 44.8 Å². The van der Waals surface area contributed by atoms with E-state index in [4.69, 9.17) is 0 Å². The van der Waals surface area contributed by atoms with Crippen LogP contribution in [0, 0.1) is 0 Å². The average molecular weight is 291 g/mol. The number of hydrogen-bond acceptors (Lipinski definition) is 4. The summed E-state index contributed by atoms with van der Waals surface area (Å²) < 4.78 is 1.89. The minimum Gasteiger partial charge on any atom is -0.335 e. The molecule has 0 saturated carbocycles. The lowest BCUT2D eigenvalue weighted by atomic mass is 10.2. The van der Waals surface area contributed by atoms with Crippen LogP contribution in [0.4, 0.5) is 0 Å². The molecule has 0 radical (unpaired) electrons. The van der Waals surface area contributed by atoms with Gasteiger partial charge in [0.05, 0.1) is 5.69 Å². The van der Waals surface area contributed by atoms with Crippen molar-refractivity contribution in [3.8, 4) is 0 Å². The monoisotopic (exact) mass is 291 g/mol. The molecule has 0 aliphatic carbocycles. The summed E-state index contributed by atoms with van der Waals surface area (Å²) in [4.78, 5) is 19.4. The molecule has 1 aromatic rings. The van der Waals surface area contributed by atoms with Crippen LogP contribution in [0.15, 0.2) is 0 Å². The van der Waals surface area contributed by atoms with E-state index in [1.807, 2.05) is 16.6 Å². The summed E-state index contributed by atoms with van der Waals surface area (Å²) in [6.07, 6.45) is 0. The molecule has 1 fully saturated rings. The molecule has 116 valence electrons. The van der Waals surface area contributed by atoms with E-state index in [2.05, 4.69) is 35.8 Å². The number of nitrogens with zero attached hydrogens (tertiary/aromatic N) is 5. The van der Waals surface area contributed by atoms with Crippen molar-refractivity contribution in [3.63, 3.8) is 0 Å². The van der Waals surface area contributed by atoms with Gasteiger partial charge in [-0.15, -0.1) is 0 Å². The van der Waals surface area contributed by atoms with Crippen LogP contribution >= 0.6 is 0 Å².